The maximum atomic E-state index is 13.1. The number of aromatic nitrogens is 1. The van der Waals surface area contributed by atoms with Crippen LogP contribution in [0.5, 0.6) is 0 Å². The predicted octanol–water partition coefficient (Wildman–Crippen LogP) is 1.90. The molecule has 3 fully saturated rings. The number of aliphatic carboxylic acids is 1. The van der Waals surface area contributed by atoms with Crippen LogP contribution in [0.3, 0.4) is 0 Å². The van der Waals surface area contributed by atoms with E-state index in [0.29, 0.717) is 17.0 Å². The molecule has 0 spiro atoms. The normalized spacial score (nSPS) is 33.7. The van der Waals surface area contributed by atoms with E-state index < -0.39 is 41.1 Å². The first kappa shape index (κ1) is 20.6. The second-order valence-corrected chi connectivity index (χ2v) is 11.2. The van der Waals surface area contributed by atoms with Gasteiger partial charge in [-0.15, -0.1) is 11.8 Å². The van der Waals surface area contributed by atoms with Gasteiger partial charge in [0.05, 0.1) is 21.8 Å². The van der Waals surface area contributed by atoms with Crippen LogP contribution in [0, 0.1) is 39.7 Å². The molecule has 2 saturated carbocycles. The highest BCUT2D eigenvalue weighted by Gasteiger charge is 2.69. The summed E-state index contributed by atoms with van der Waals surface area (Å²) in [4.78, 5) is 64.9. The molecule has 6 rings (SSSR count). The molecule has 2 aliphatic heterocycles. The first-order valence-electron chi connectivity index (χ1n) is 10.5. The Labute approximate surface area is 194 Å². The average molecular weight is 488 g/mol. The number of thiazole rings is 1. The molecule has 170 valence electrons. The molecule has 2 aliphatic carbocycles. The van der Waals surface area contributed by atoms with Crippen molar-refractivity contribution in [3.8, 4) is 0 Å². The van der Waals surface area contributed by atoms with E-state index in [9.17, 15) is 29.3 Å². The van der Waals surface area contributed by atoms with Gasteiger partial charge in [0.15, 0.2) is 0 Å². The van der Waals surface area contributed by atoms with E-state index in [1.54, 1.807) is 12.1 Å². The van der Waals surface area contributed by atoms with Crippen molar-refractivity contribution in [1.29, 1.82) is 0 Å². The number of carboxylic acids is 1. The molecular weight excluding hydrogens is 470 g/mol. The van der Waals surface area contributed by atoms with Crippen LogP contribution in [0.25, 0.3) is 0 Å². The Morgan fingerprint density at radius 3 is 2.64 bits per heavy atom. The number of rotatable bonds is 4. The zero-order chi connectivity index (χ0) is 23.2. The van der Waals surface area contributed by atoms with Crippen LogP contribution in [0.2, 0.25) is 0 Å². The number of carbonyl (C=O) groups excluding carboxylic acids is 2. The van der Waals surface area contributed by atoms with E-state index in [-0.39, 0.29) is 39.5 Å². The molecule has 4 aliphatic rings. The van der Waals surface area contributed by atoms with Crippen LogP contribution < -0.4 is 4.87 Å². The molecule has 33 heavy (non-hydrogen) atoms. The van der Waals surface area contributed by atoms with Crippen LogP contribution in [0.4, 0.5) is 5.69 Å². The number of thioether (sulfide) groups is 1. The highest BCUT2D eigenvalue weighted by Crippen LogP contribution is 2.68. The maximum Gasteiger partial charge on any atom is 0.323 e. The van der Waals surface area contributed by atoms with Crippen molar-refractivity contribution in [2.45, 2.75) is 22.6 Å². The number of imide groups is 1. The standard InChI is InChI=1S/C21H17N3O7S2/c25-11(26)6-23-19(27)14-9-5-10(15(14)20(23)28)16-13(9)12(17-18(32-16)22-21(29)33-17)7-2-1-3-8(4-7)24(30)31/h1-4,9-10,12-16H,5-6H2,(H,22,29)(H,25,26)/t9-,10+,12+,13+,14+,15+,16-/m0/s1. The third kappa shape index (κ3) is 2.80. The smallest absolute Gasteiger partial charge is 0.323 e. The van der Waals surface area contributed by atoms with Crippen LogP contribution in [0.1, 0.15) is 22.8 Å². The Balaban J connectivity index is 1.46. The summed E-state index contributed by atoms with van der Waals surface area (Å²) < 4.78 is 0. The number of benzene rings is 1. The second kappa shape index (κ2) is 7.00. The van der Waals surface area contributed by atoms with Gasteiger partial charge in [0.25, 0.3) is 5.69 Å². The van der Waals surface area contributed by atoms with E-state index >= 15 is 0 Å². The average Bonchev–Trinajstić information content (AvgIpc) is 3.49. The molecular formula is C21H17N3O7S2. The van der Waals surface area contributed by atoms with Gasteiger partial charge < -0.3 is 10.1 Å². The second-order valence-electron chi connectivity index (χ2n) is 8.97. The number of amides is 2. The van der Waals surface area contributed by atoms with Crippen molar-refractivity contribution < 1.29 is 24.4 Å². The zero-order valence-corrected chi connectivity index (χ0v) is 18.5. The minimum absolute atomic E-state index is 0.0486. The summed E-state index contributed by atoms with van der Waals surface area (Å²) in [5.74, 6) is -3.92. The van der Waals surface area contributed by atoms with Crippen molar-refractivity contribution in [2.24, 2.45) is 29.6 Å². The van der Waals surface area contributed by atoms with Crippen LogP contribution in [-0.2, 0) is 14.4 Å². The van der Waals surface area contributed by atoms with E-state index in [1.807, 2.05) is 0 Å². The number of nitrogens with one attached hydrogen (secondary N) is 1. The number of nitro benzene ring substituents is 1. The number of aromatic amines is 1. The number of carbonyl (C=O) groups is 3. The topological polar surface area (TPSA) is 151 Å². The largest absolute Gasteiger partial charge is 0.480 e. The lowest BCUT2D eigenvalue weighted by Gasteiger charge is -2.43. The number of nitrogens with zero attached hydrogens (tertiary/aromatic N) is 2. The van der Waals surface area contributed by atoms with Crippen LogP contribution >= 0.6 is 23.1 Å². The number of hydrogen-bond donors (Lipinski definition) is 2. The van der Waals surface area contributed by atoms with E-state index in [2.05, 4.69) is 4.98 Å². The lowest BCUT2D eigenvalue weighted by atomic mass is 9.68. The summed E-state index contributed by atoms with van der Waals surface area (Å²) in [6.07, 6.45) is 0.667. The van der Waals surface area contributed by atoms with Crippen LogP contribution in [-0.4, -0.2) is 49.5 Å². The fourth-order valence-electron chi connectivity index (χ4n) is 6.57. The summed E-state index contributed by atoms with van der Waals surface area (Å²) in [6.45, 7) is -0.637. The Hall–Kier alpha value is -2.99. The van der Waals surface area contributed by atoms with E-state index in [4.69, 9.17) is 5.11 Å². The Morgan fingerprint density at radius 2 is 1.94 bits per heavy atom. The fraction of sp³-hybridized carbons (Fsp3) is 0.429. The van der Waals surface area contributed by atoms with Gasteiger partial charge in [0, 0.05) is 28.2 Å². The van der Waals surface area contributed by atoms with Gasteiger partial charge in [-0.1, -0.05) is 23.5 Å². The summed E-state index contributed by atoms with van der Waals surface area (Å²) in [5, 5.41) is 21.2. The molecule has 1 aromatic carbocycles. The van der Waals surface area contributed by atoms with Crippen molar-refractivity contribution in [3.05, 3.63) is 54.5 Å². The molecule has 2 bridgehead atoms. The highest BCUT2D eigenvalue weighted by atomic mass is 32.2. The molecule has 2 N–H and O–H groups in total. The number of likely N-dealkylation sites (tertiary alicyclic amines) is 1. The summed E-state index contributed by atoms with van der Waals surface area (Å²) in [5.41, 5.74) is 0.659. The summed E-state index contributed by atoms with van der Waals surface area (Å²) >= 11 is 2.59. The Kier molecular flexibility index (Phi) is 4.37. The first-order valence-corrected chi connectivity index (χ1v) is 12.2. The van der Waals surface area contributed by atoms with Gasteiger partial charge in [-0.3, -0.25) is 34.2 Å². The minimum atomic E-state index is -1.23. The lowest BCUT2D eigenvalue weighted by Crippen LogP contribution is -2.42. The van der Waals surface area contributed by atoms with Gasteiger partial charge in [-0.2, -0.15) is 0 Å². The molecule has 0 radical (unpaired) electrons. The molecule has 1 aromatic heterocycles. The molecule has 12 heteroatoms. The SMILES string of the molecule is O=C(O)CN1C(=O)[C@@H]2[C@H]3C[C@@H]([C@@H]4Sc5[nH]c(=O)sc5[C@H](c5cccc([N+](=O)[O-])c5)[C@@H]34)[C@H]2C1=O. The molecule has 3 heterocycles. The Bertz CT molecular complexity index is 1300. The first-order chi connectivity index (χ1) is 15.8. The predicted molar refractivity (Wildman–Crippen MR) is 116 cm³/mol. The summed E-state index contributed by atoms with van der Waals surface area (Å²) in [7, 11) is 0. The molecule has 10 nitrogen and oxygen atoms in total. The number of H-pyrrole nitrogens is 1. The van der Waals surface area contributed by atoms with Crippen molar-refractivity contribution in [3.63, 3.8) is 0 Å². The highest BCUT2D eigenvalue weighted by molar-refractivity contribution is 8.00. The molecule has 2 aromatic rings. The fourth-order valence-corrected chi connectivity index (χ4v) is 9.46. The van der Waals surface area contributed by atoms with Crippen molar-refractivity contribution in [1.82, 2.24) is 9.88 Å². The van der Waals surface area contributed by atoms with Gasteiger partial charge in [0.2, 0.25) is 11.8 Å². The number of fused-ring (bicyclic) bond motifs is 9. The van der Waals surface area contributed by atoms with Gasteiger partial charge in [0.1, 0.15) is 6.54 Å². The number of carboxylic acid groups (broad SMARTS) is 1. The summed E-state index contributed by atoms with van der Waals surface area (Å²) in [6, 6.07) is 6.36. The molecule has 2 amide bonds. The quantitative estimate of drug-likeness (QED) is 0.377. The lowest BCUT2D eigenvalue weighted by molar-refractivity contribution is -0.384. The monoisotopic (exact) mass is 487 g/mol. The van der Waals surface area contributed by atoms with Gasteiger partial charge in [-0.25, -0.2) is 0 Å². The molecule has 0 unspecified atom stereocenters. The minimum Gasteiger partial charge on any atom is -0.480 e. The number of nitro groups is 1. The van der Waals surface area contributed by atoms with Gasteiger partial charge >= 0.3 is 10.8 Å². The van der Waals surface area contributed by atoms with E-state index in [1.165, 1.54) is 23.9 Å². The maximum absolute atomic E-state index is 13.1. The third-order valence-corrected chi connectivity index (χ3v) is 10.1. The number of non-ortho nitro benzene ring substituents is 1. The third-order valence-electron chi connectivity index (χ3n) is 7.55. The Morgan fingerprint density at radius 1 is 1.21 bits per heavy atom. The van der Waals surface area contributed by atoms with Gasteiger partial charge in [-0.05, 0) is 29.7 Å². The number of hydrogen-bond acceptors (Lipinski definition) is 8. The molecule has 7 atom stereocenters. The van der Waals surface area contributed by atoms with E-state index in [0.717, 1.165) is 21.1 Å². The zero-order valence-electron chi connectivity index (χ0n) is 16.9. The van der Waals surface area contributed by atoms with Crippen molar-refractivity contribution >= 4 is 46.6 Å². The molecule has 1 saturated heterocycles. The van der Waals surface area contributed by atoms with Crippen LogP contribution in [0.15, 0.2) is 34.1 Å². The van der Waals surface area contributed by atoms with Crippen molar-refractivity contribution in [2.75, 3.05) is 6.54 Å².